The van der Waals surface area contributed by atoms with Crippen molar-refractivity contribution in [3.63, 3.8) is 0 Å². The molecule has 0 amide bonds. The molecule has 0 spiro atoms. The monoisotopic (exact) mass is 467 g/mol. The van der Waals surface area contributed by atoms with Crippen molar-refractivity contribution >= 4 is 10.1 Å². The van der Waals surface area contributed by atoms with Crippen LogP contribution in [0.1, 0.15) is 63.6 Å². The van der Waals surface area contributed by atoms with E-state index in [1.807, 2.05) is 12.1 Å². The van der Waals surface area contributed by atoms with Crippen molar-refractivity contribution in [3.05, 3.63) is 23.3 Å². The fourth-order valence-corrected chi connectivity index (χ4v) is 6.34. The SMILES string of the molecule is COc1cc2c(cc1OCOS(=O)(=O)CC1CC1)CCN1C[C@@H](CC(C)(C)C)[C@H](O)C[C@H]21. The standard InChI is InChI=1S/C24H37NO6S/c1-24(2,3)12-18-13-25-8-7-17-9-23(30-15-31-32(27,28)14-16-5-6-16)22(29-4)10-19(17)20(25)11-21(18)26/h9-10,16,18,20-21,26H,5-8,11-15H2,1-4H3/t18-,20-,21-/m1/s1. The summed E-state index contributed by atoms with van der Waals surface area (Å²) in [6.45, 7) is 8.16. The number of rotatable bonds is 8. The maximum absolute atomic E-state index is 12.0. The van der Waals surface area contributed by atoms with Crippen LogP contribution in [0.15, 0.2) is 12.1 Å². The number of aliphatic hydroxyl groups is 1. The van der Waals surface area contributed by atoms with Crippen LogP contribution in [0.3, 0.4) is 0 Å². The first-order valence-corrected chi connectivity index (χ1v) is 13.3. The van der Waals surface area contributed by atoms with Gasteiger partial charge in [-0.3, -0.25) is 4.90 Å². The van der Waals surface area contributed by atoms with Crippen molar-refractivity contribution in [1.29, 1.82) is 0 Å². The number of hydrogen-bond acceptors (Lipinski definition) is 7. The molecular formula is C24H37NO6S. The van der Waals surface area contributed by atoms with Crippen molar-refractivity contribution in [1.82, 2.24) is 4.90 Å². The van der Waals surface area contributed by atoms with E-state index >= 15 is 0 Å². The fraction of sp³-hybridized carbons (Fsp3) is 0.750. The van der Waals surface area contributed by atoms with E-state index in [9.17, 15) is 13.5 Å². The van der Waals surface area contributed by atoms with Gasteiger partial charge in [-0.2, -0.15) is 8.42 Å². The van der Waals surface area contributed by atoms with E-state index in [2.05, 4.69) is 25.7 Å². The van der Waals surface area contributed by atoms with Gasteiger partial charge in [0.2, 0.25) is 6.79 Å². The van der Waals surface area contributed by atoms with Gasteiger partial charge in [-0.1, -0.05) is 20.8 Å². The molecule has 0 unspecified atom stereocenters. The third kappa shape index (κ3) is 5.76. The molecule has 1 aromatic rings. The van der Waals surface area contributed by atoms with Crippen molar-refractivity contribution in [2.24, 2.45) is 17.3 Å². The molecule has 1 saturated heterocycles. The molecule has 0 bridgehead atoms. The van der Waals surface area contributed by atoms with Gasteiger partial charge in [0.25, 0.3) is 10.1 Å². The third-order valence-corrected chi connectivity index (χ3v) is 8.16. The molecule has 8 heteroatoms. The van der Waals surface area contributed by atoms with Gasteiger partial charge in [-0.15, -0.1) is 0 Å². The van der Waals surface area contributed by atoms with Gasteiger partial charge in [-0.25, -0.2) is 4.18 Å². The van der Waals surface area contributed by atoms with Crippen molar-refractivity contribution in [3.8, 4) is 11.5 Å². The number of benzene rings is 1. The van der Waals surface area contributed by atoms with Crippen molar-refractivity contribution in [2.45, 2.75) is 65.0 Å². The van der Waals surface area contributed by atoms with Gasteiger partial charge in [0.15, 0.2) is 11.5 Å². The number of piperidine rings is 1. The molecule has 1 aliphatic carbocycles. The maximum atomic E-state index is 12.0. The Labute approximate surface area is 192 Å². The zero-order valence-electron chi connectivity index (χ0n) is 19.7. The summed E-state index contributed by atoms with van der Waals surface area (Å²) >= 11 is 0. The highest BCUT2D eigenvalue weighted by molar-refractivity contribution is 7.86. The highest BCUT2D eigenvalue weighted by Crippen LogP contribution is 2.44. The second kappa shape index (κ2) is 9.12. The highest BCUT2D eigenvalue weighted by Gasteiger charge is 2.40. The lowest BCUT2D eigenvalue weighted by molar-refractivity contribution is -0.0259. The molecule has 0 radical (unpaired) electrons. The average molecular weight is 468 g/mol. The van der Waals surface area contributed by atoms with E-state index in [1.165, 1.54) is 0 Å². The number of hydrogen-bond donors (Lipinski definition) is 1. The molecule has 1 N–H and O–H groups in total. The Hall–Kier alpha value is -1.35. The zero-order valence-corrected chi connectivity index (χ0v) is 20.5. The summed E-state index contributed by atoms with van der Waals surface area (Å²) in [7, 11) is -1.99. The Morgan fingerprint density at radius 3 is 2.59 bits per heavy atom. The van der Waals surface area contributed by atoms with Crippen LogP contribution in [-0.4, -0.2) is 57.3 Å². The molecule has 32 heavy (non-hydrogen) atoms. The number of aliphatic hydroxyl groups excluding tert-OH is 1. The maximum Gasteiger partial charge on any atom is 0.270 e. The summed E-state index contributed by atoms with van der Waals surface area (Å²) in [4.78, 5) is 2.49. The smallest absolute Gasteiger partial charge is 0.270 e. The first kappa shape index (κ1) is 23.8. The van der Waals surface area contributed by atoms with Gasteiger partial charge in [0.05, 0.1) is 19.0 Å². The topological polar surface area (TPSA) is 85.3 Å². The Bertz CT molecular complexity index is 921. The van der Waals surface area contributed by atoms with E-state index in [1.54, 1.807) is 7.11 Å². The molecule has 1 aromatic carbocycles. The van der Waals surface area contributed by atoms with Crippen molar-refractivity contribution < 1.29 is 27.2 Å². The van der Waals surface area contributed by atoms with E-state index in [0.717, 1.165) is 49.9 Å². The quantitative estimate of drug-likeness (QED) is 0.463. The lowest BCUT2D eigenvalue weighted by Crippen LogP contribution is -2.48. The molecule has 2 aliphatic heterocycles. The molecule has 2 fully saturated rings. The second-order valence-electron chi connectivity index (χ2n) is 10.8. The van der Waals surface area contributed by atoms with E-state index in [-0.39, 0.29) is 41.9 Å². The Morgan fingerprint density at radius 1 is 1.19 bits per heavy atom. The Balaban J connectivity index is 1.45. The molecule has 1 saturated carbocycles. The van der Waals surface area contributed by atoms with Crippen LogP contribution in [0.25, 0.3) is 0 Å². The lowest BCUT2D eigenvalue weighted by Gasteiger charge is -2.47. The molecule has 2 heterocycles. The van der Waals surface area contributed by atoms with Crippen LogP contribution in [-0.2, 0) is 20.7 Å². The Kier molecular flexibility index (Phi) is 6.78. The van der Waals surface area contributed by atoms with Crippen LogP contribution in [0.5, 0.6) is 11.5 Å². The summed E-state index contributed by atoms with van der Waals surface area (Å²) < 4.78 is 40.2. The summed E-state index contributed by atoms with van der Waals surface area (Å²) in [5.41, 5.74) is 2.51. The summed E-state index contributed by atoms with van der Waals surface area (Å²) in [5, 5.41) is 10.9. The molecule has 180 valence electrons. The summed E-state index contributed by atoms with van der Waals surface area (Å²) in [6.07, 6.45) is 4.17. The molecule has 3 aliphatic rings. The minimum Gasteiger partial charge on any atom is -0.493 e. The third-order valence-electron chi connectivity index (χ3n) is 6.82. The molecule has 0 aromatic heterocycles. The fourth-order valence-electron chi connectivity index (χ4n) is 5.14. The predicted molar refractivity (Wildman–Crippen MR) is 122 cm³/mol. The van der Waals surface area contributed by atoms with Crippen LogP contribution < -0.4 is 9.47 Å². The second-order valence-corrected chi connectivity index (χ2v) is 12.5. The van der Waals surface area contributed by atoms with Gasteiger partial charge in [0.1, 0.15) is 0 Å². The van der Waals surface area contributed by atoms with Crippen molar-refractivity contribution in [2.75, 3.05) is 32.7 Å². The number of ether oxygens (including phenoxy) is 2. The molecule has 7 nitrogen and oxygen atoms in total. The van der Waals surface area contributed by atoms with E-state index < -0.39 is 10.1 Å². The first-order chi connectivity index (χ1) is 15.0. The summed E-state index contributed by atoms with van der Waals surface area (Å²) in [6, 6.07) is 4.08. The minimum absolute atomic E-state index is 0.0632. The van der Waals surface area contributed by atoms with E-state index in [0.29, 0.717) is 17.9 Å². The van der Waals surface area contributed by atoms with Crippen LogP contribution in [0, 0.1) is 17.3 Å². The number of fused-ring (bicyclic) bond motifs is 3. The summed E-state index contributed by atoms with van der Waals surface area (Å²) in [5.74, 6) is 1.62. The lowest BCUT2D eigenvalue weighted by atomic mass is 9.75. The Morgan fingerprint density at radius 2 is 1.94 bits per heavy atom. The predicted octanol–water partition coefficient (Wildman–Crippen LogP) is 3.50. The van der Waals surface area contributed by atoms with Crippen LogP contribution in [0.4, 0.5) is 0 Å². The largest absolute Gasteiger partial charge is 0.493 e. The van der Waals surface area contributed by atoms with Gasteiger partial charge in [-0.05, 0) is 72.6 Å². The zero-order chi connectivity index (χ0) is 23.1. The number of nitrogens with zero attached hydrogens (tertiary/aromatic N) is 1. The van der Waals surface area contributed by atoms with Crippen LogP contribution in [0.2, 0.25) is 0 Å². The minimum atomic E-state index is -3.57. The van der Waals surface area contributed by atoms with Gasteiger partial charge >= 0.3 is 0 Å². The molecular weight excluding hydrogens is 430 g/mol. The molecule has 3 atom stereocenters. The molecule has 4 rings (SSSR count). The van der Waals surface area contributed by atoms with Gasteiger partial charge in [0, 0.05) is 19.1 Å². The van der Waals surface area contributed by atoms with Crippen LogP contribution >= 0.6 is 0 Å². The number of methoxy groups -OCH3 is 1. The normalized spacial score (nSPS) is 26.3. The van der Waals surface area contributed by atoms with E-state index in [4.69, 9.17) is 13.7 Å². The first-order valence-electron chi connectivity index (χ1n) is 11.7. The highest BCUT2D eigenvalue weighted by atomic mass is 32.2. The average Bonchev–Trinajstić information content (AvgIpc) is 3.50. The van der Waals surface area contributed by atoms with Gasteiger partial charge < -0.3 is 14.6 Å².